The predicted octanol–water partition coefficient (Wildman–Crippen LogP) is 2.58. The Balaban J connectivity index is 2.13. The molecule has 94 valence electrons. The van der Waals surface area contributed by atoms with Gasteiger partial charge in [-0.05, 0) is 26.0 Å². The van der Waals surface area contributed by atoms with Crippen molar-refractivity contribution in [3.8, 4) is 0 Å². The molecule has 0 aliphatic rings. The van der Waals surface area contributed by atoms with Crippen LogP contribution in [-0.4, -0.2) is 20.4 Å². The lowest BCUT2D eigenvalue weighted by Crippen LogP contribution is -2.02. The second-order valence-corrected chi connectivity index (χ2v) is 4.67. The van der Waals surface area contributed by atoms with Crippen molar-refractivity contribution in [2.45, 2.75) is 13.8 Å². The van der Waals surface area contributed by atoms with Crippen molar-refractivity contribution >= 4 is 11.3 Å². The Hall–Kier alpha value is -2.49. The van der Waals surface area contributed by atoms with Gasteiger partial charge in [0, 0.05) is 18.0 Å². The van der Waals surface area contributed by atoms with Crippen LogP contribution < -0.4 is 0 Å². The van der Waals surface area contributed by atoms with Gasteiger partial charge in [-0.25, -0.2) is 4.52 Å². The molecule has 0 atom stereocenters. The summed E-state index contributed by atoms with van der Waals surface area (Å²) in [6.45, 7) is 3.98. The van der Waals surface area contributed by atoms with E-state index in [2.05, 4.69) is 16.1 Å². The van der Waals surface area contributed by atoms with Gasteiger partial charge in [-0.1, -0.05) is 17.2 Å². The van der Waals surface area contributed by atoms with E-state index in [9.17, 15) is 4.79 Å². The predicted molar refractivity (Wildman–Crippen MR) is 72.3 cm³/mol. The number of carbonyl (C=O) groups is 1. The smallest absolute Gasteiger partial charge is 0.196 e. The average molecular weight is 251 g/mol. The summed E-state index contributed by atoms with van der Waals surface area (Å²) in [6.07, 6.45) is 6.62. The lowest BCUT2D eigenvalue weighted by atomic mass is 10.0. The SMILES string of the molecule is Cc1cc(C)cc(C(=O)c2cnn3ccncc23)c1. The molecular formula is C15H13N3O. The van der Waals surface area contributed by atoms with Crippen LogP contribution in [0.2, 0.25) is 0 Å². The van der Waals surface area contributed by atoms with Gasteiger partial charge in [0.25, 0.3) is 0 Å². The summed E-state index contributed by atoms with van der Waals surface area (Å²) in [7, 11) is 0. The maximum Gasteiger partial charge on any atom is 0.196 e. The van der Waals surface area contributed by atoms with Crippen molar-refractivity contribution in [3.05, 3.63) is 65.2 Å². The fraction of sp³-hybridized carbons (Fsp3) is 0.133. The first-order valence-electron chi connectivity index (χ1n) is 6.05. The second kappa shape index (κ2) is 4.31. The fourth-order valence-corrected chi connectivity index (χ4v) is 2.27. The van der Waals surface area contributed by atoms with Crippen molar-refractivity contribution in [3.63, 3.8) is 0 Å². The normalized spacial score (nSPS) is 10.8. The molecule has 3 rings (SSSR count). The number of nitrogens with zero attached hydrogens (tertiary/aromatic N) is 3. The third-order valence-electron chi connectivity index (χ3n) is 3.05. The van der Waals surface area contributed by atoms with Crippen LogP contribution in [0.15, 0.2) is 43.0 Å². The van der Waals surface area contributed by atoms with E-state index in [0.717, 1.165) is 16.6 Å². The summed E-state index contributed by atoms with van der Waals surface area (Å²) >= 11 is 0. The highest BCUT2D eigenvalue weighted by Crippen LogP contribution is 2.17. The molecule has 4 nitrogen and oxygen atoms in total. The standard InChI is InChI=1S/C15H13N3O/c1-10-5-11(2)7-12(6-10)15(19)13-8-17-18-4-3-16-9-14(13)18/h3-9H,1-2H3. The highest BCUT2D eigenvalue weighted by Gasteiger charge is 2.15. The molecule has 0 aliphatic heterocycles. The van der Waals surface area contributed by atoms with E-state index in [1.807, 2.05) is 26.0 Å². The van der Waals surface area contributed by atoms with Crippen LogP contribution in [0, 0.1) is 13.8 Å². The molecule has 0 fully saturated rings. The lowest BCUT2D eigenvalue weighted by Gasteiger charge is -2.03. The topological polar surface area (TPSA) is 47.3 Å². The van der Waals surface area contributed by atoms with Gasteiger partial charge >= 0.3 is 0 Å². The van der Waals surface area contributed by atoms with E-state index in [0.29, 0.717) is 11.1 Å². The average Bonchev–Trinajstić information content (AvgIpc) is 2.80. The zero-order valence-corrected chi connectivity index (χ0v) is 10.8. The van der Waals surface area contributed by atoms with Gasteiger partial charge < -0.3 is 0 Å². The van der Waals surface area contributed by atoms with Crippen LogP contribution in [-0.2, 0) is 0 Å². The second-order valence-electron chi connectivity index (χ2n) is 4.67. The largest absolute Gasteiger partial charge is 0.288 e. The molecule has 19 heavy (non-hydrogen) atoms. The van der Waals surface area contributed by atoms with Crippen LogP contribution in [0.5, 0.6) is 0 Å². The molecule has 0 N–H and O–H groups in total. The number of fused-ring (bicyclic) bond motifs is 1. The molecule has 0 spiro atoms. The number of carbonyl (C=O) groups excluding carboxylic acids is 1. The zero-order valence-electron chi connectivity index (χ0n) is 10.8. The summed E-state index contributed by atoms with van der Waals surface area (Å²) in [5, 5.41) is 4.17. The van der Waals surface area contributed by atoms with Gasteiger partial charge in [0.1, 0.15) is 0 Å². The number of hydrogen-bond acceptors (Lipinski definition) is 3. The molecule has 3 aromatic rings. The van der Waals surface area contributed by atoms with E-state index < -0.39 is 0 Å². The van der Waals surface area contributed by atoms with Crippen LogP contribution in [0.4, 0.5) is 0 Å². The van der Waals surface area contributed by atoms with Gasteiger partial charge in [0.15, 0.2) is 5.78 Å². The molecule has 0 aliphatic carbocycles. The van der Waals surface area contributed by atoms with E-state index >= 15 is 0 Å². The van der Waals surface area contributed by atoms with Gasteiger partial charge in [-0.15, -0.1) is 0 Å². The van der Waals surface area contributed by atoms with Gasteiger partial charge in [-0.2, -0.15) is 5.10 Å². The molecular weight excluding hydrogens is 238 g/mol. The quantitative estimate of drug-likeness (QED) is 0.658. The van der Waals surface area contributed by atoms with Crippen molar-refractivity contribution in [2.24, 2.45) is 0 Å². The Morgan fingerprint density at radius 3 is 2.58 bits per heavy atom. The van der Waals surface area contributed by atoms with E-state index in [1.54, 1.807) is 29.3 Å². The minimum atomic E-state index is -0.0187. The van der Waals surface area contributed by atoms with Crippen molar-refractivity contribution in [1.29, 1.82) is 0 Å². The number of benzene rings is 1. The molecule has 0 saturated heterocycles. The van der Waals surface area contributed by atoms with Crippen LogP contribution in [0.3, 0.4) is 0 Å². The highest BCUT2D eigenvalue weighted by atomic mass is 16.1. The Labute approximate surface area is 110 Å². The Morgan fingerprint density at radius 2 is 1.84 bits per heavy atom. The van der Waals surface area contributed by atoms with E-state index in [-0.39, 0.29) is 5.78 Å². The summed E-state index contributed by atoms with van der Waals surface area (Å²) in [4.78, 5) is 16.6. The maximum absolute atomic E-state index is 12.5. The number of hydrogen-bond donors (Lipinski definition) is 0. The van der Waals surface area contributed by atoms with Crippen molar-refractivity contribution in [2.75, 3.05) is 0 Å². The highest BCUT2D eigenvalue weighted by molar-refractivity contribution is 6.13. The van der Waals surface area contributed by atoms with Gasteiger partial charge in [0.2, 0.25) is 0 Å². The van der Waals surface area contributed by atoms with Crippen molar-refractivity contribution in [1.82, 2.24) is 14.6 Å². The zero-order chi connectivity index (χ0) is 13.4. The molecule has 4 heteroatoms. The minimum Gasteiger partial charge on any atom is -0.288 e. The molecule has 2 heterocycles. The number of ketones is 1. The molecule has 0 radical (unpaired) electrons. The lowest BCUT2D eigenvalue weighted by molar-refractivity contribution is 0.104. The van der Waals surface area contributed by atoms with Crippen LogP contribution in [0.1, 0.15) is 27.0 Å². The Kier molecular flexibility index (Phi) is 2.63. The first-order chi connectivity index (χ1) is 9.15. The monoisotopic (exact) mass is 251 g/mol. The molecule has 0 unspecified atom stereocenters. The van der Waals surface area contributed by atoms with Crippen LogP contribution in [0.25, 0.3) is 5.52 Å². The minimum absolute atomic E-state index is 0.0187. The molecule has 0 bridgehead atoms. The van der Waals surface area contributed by atoms with E-state index in [1.165, 1.54) is 0 Å². The molecule has 1 aromatic carbocycles. The van der Waals surface area contributed by atoms with Crippen molar-refractivity contribution < 1.29 is 4.79 Å². The maximum atomic E-state index is 12.5. The Morgan fingerprint density at radius 1 is 1.11 bits per heavy atom. The van der Waals surface area contributed by atoms with E-state index in [4.69, 9.17) is 0 Å². The van der Waals surface area contributed by atoms with Gasteiger partial charge in [-0.3, -0.25) is 9.78 Å². The summed E-state index contributed by atoms with van der Waals surface area (Å²) in [5.41, 5.74) is 4.16. The molecule has 2 aromatic heterocycles. The first kappa shape index (κ1) is 11.6. The summed E-state index contributed by atoms with van der Waals surface area (Å²) in [6, 6.07) is 5.85. The fourth-order valence-electron chi connectivity index (χ4n) is 2.27. The molecule has 0 amide bonds. The van der Waals surface area contributed by atoms with Crippen LogP contribution >= 0.6 is 0 Å². The summed E-state index contributed by atoms with van der Waals surface area (Å²) in [5.74, 6) is -0.0187. The number of aromatic nitrogens is 3. The Bertz CT molecular complexity index is 754. The number of rotatable bonds is 2. The first-order valence-corrected chi connectivity index (χ1v) is 6.05. The third-order valence-corrected chi connectivity index (χ3v) is 3.05. The molecule has 0 saturated carbocycles. The third kappa shape index (κ3) is 2.01. The van der Waals surface area contributed by atoms with Gasteiger partial charge in [0.05, 0.1) is 23.5 Å². The summed E-state index contributed by atoms with van der Waals surface area (Å²) < 4.78 is 1.66. The number of aryl methyl sites for hydroxylation is 2.